The molecule has 1 aromatic heterocycles. The first kappa shape index (κ1) is 28.3. The second-order valence-corrected chi connectivity index (χ2v) is 11.2. The maximum Gasteiger partial charge on any atom is 0.407 e. The molecule has 1 fully saturated rings. The number of carboxylic acid groups (broad SMARTS) is 1. The van der Waals surface area contributed by atoms with E-state index in [-0.39, 0.29) is 12.3 Å². The highest BCUT2D eigenvalue weighted by atomic mass is 32.2. The van der Waals surface area contributed by atoms with Crippen LogP contribution >= 0.6 is 24.0 Å². The fraction of sp³-hybridized carbons (Fsp3) is 0.370. The summed E-state index contributed by atoms with van der Waals surface area (Å²) in [5.74, 6) is -0.969. The van der Waals surface area contributed by atoms with Crippen molar-refractivity contribution in [3.63, 3.8) is 0 Å². The number of rotatable bonds is 10. The van der Waals surface area contributed by atoms with E-state index in [1.165, 1.54) is 11.8 Å². The highest BCUT2D eigenvalue weighted by molar-refractivity contribution is 8.26. The molecule has 0 spiro atoms. The molecule has 10 heteroatoms. The van der Waals surface area contributed by atoms with Crippen molar-refractivity contribution in [3.05, 3.63) is 58.6 Å². The molecule has 2 heterocycles. The largest absolute Gasteiger partial charge is 0.481 e. The summed E-state index contributed by atoms with van der Waals surface area (Å²) in [6.45, 7) is 6.24. The Hall–Kier alpha value is -3.24. The lowest BCUT2D eigenvalue weighted by Crippen LogP contribution is -2.32. The number of amides is 2. The van der Waals surface area contributed by atoms with Gasteiger partial charge in [0.1, 0.15) is 9.92 Å². The number of carbonyl (C=O) groups is 3. The van der Waals surface area contributed by atoms with Crippen molar-refractivity contribution in [2.45, 2.75) is 58.6 Å². The first-order valence-electron chi connectivity index (χ1n) is 12.0. The molecule has 3 rings (SSSR count). The second kappa shape index (κ2) is 12.8. The quantitative estimate of drug-likeness (QED) is 0.227. The van der Waals surface area contributed by atoms with E-state index in [2.05, 4.69) is 5.32 Å². The lowest BCUT2D eigenvalue weighted by Gasteiger charge is -2.19. The van der Waals surface area contributed by atoms with Gasteiger partial charge in [-0.25, -0.2) is 9.78 Å². The summed E-state index contributed by atoms with van der Waals surface area (Å²) in [5, 5.41) is 11.5. The zero-order chi connectivity index (χ0) is 27.0. The number of alkyl carbamates (subject to hydrolysis) is 1. The molecule has 1 aliphatic heterocycles. The Bertz CT molecular complexity index is 1210. The van der Waals surface area contributed by atoms with Crippen molar-refractivity contribution >= 4 is 52.3 Å². The van der Waals surface area contributed by atoms with Crippen LogP contribution in [0.15, 0.2) is 47.4 Å². The second-order valence-electron chi connectivity index (χ2n) is 9.54. The Balaban J connectivity index is 1.65. The van der Waals surface area contributed by atoms with Crippen LogP contribution < -0.4 is 5.32 Å². The van der Waals surface area contributed by atoms with Crippen LogP contribution in [0.25, 0.3) is 17.3 Å². The summed E-state index contributed by atoms with van der Waals surface area (Å²) >= 11 is 6.64. The van der Waals surface area contributed by atoms with Gasteiger partial charge in [-0.15, -0.1) is 0 Å². The number of thiocarbonyl (C=S) groups is 1. The number of aromatic nitrogens is 1. The molecular weight excluding hydrogens is 510 g/mol. The minimum absolute atomic E-state index is 0.128. The number of carbonyl (C=O) groups excluding carboxylic acids is 2. The third kappa shape index (κ3) is 8.98. The van der Waals surface area contributed by atoms with E-state index in [1.54, 1.807) is 11.0 Å². The number of unbranched alkanes of at least 4 members (excludes halogenated alkanes) is 2. The molecule has 0 unspecified atom stereocenters. The summed E-state index contributed by atoms with van der Waals surface area (Å²) < 4.78 is 5.78. The zero-order valence-corrected chi connectivity index (χ0v) is 22.8. The third-order valence-electron chi connectivity index (χ3n) is 5.25. The third-order valence-corrected chi connectivity index (χ3v) is 6.63. The van der Waals surface area contributed by atoms with Crippen LogP contribution in [0.3, 0.4) is 0 Å². The van der Waals surface area contributed by atoms with Gasteiger partial charge in [-0.05, 0) is 63.5 Å². The van der Waals surface area contributed by atoms with Gasteiger partial charge in [-0.1, -0.05) is 54.7 Å². The summed E-state index contributed by atoms with van der Waals surface area (Å²) in [6, 6.07) is 13.3. The Labute approximate surface area is 226 Å². The molecule has 1 aromatic carbocycles. The molecule has 0 radical (unpaired) electrons. The van der Waals surface area contributed by atoms with Gasteiger partial charge < -0.3 is 15.2 Å². The van der Waals surface area contributed by atoms with Crippen molar-refractivity contribution in [2.24, 2.45) is 0 Å². The predicted octanol–water partition coefficient (Wildman–Crippen LogP) is 5.62. The standard InChI is InChI=1S/C27H31N3O5S2/c1-27(2,3)35-25(34)28-17-18-9-7-10-19(15-18)21-12-8-11-20(29-21)16-22-24(33)30(26(36)37-22)14-6-4-5-13-23(31)32/h7-12,15-16H,4-6,13-14,17H2,1-3H3,(H,28,34)(H,31,32). The Kier molecular flexibility index (Phi) is 9.82. The van der Waals surface area contributed by atoms with E-state index >= 15 is 0 Å². The van der Waals surface area contributed by atoms with Crippen LogP contribution in [0.2, 0.25) is 0 Å². The smallest absolute Gasteiger partial charge is 0.407 e. The summed E-state index contributed by atoms with van der Waals surface area (Å²) in [4.78, 5) is 42.3. The van der Waals surface area contributed by atoms with Crippen LogP contribution in [0, 0.1) is 0 Å². The number of nitrogens with one attached hydrogen (secondary N) is 1. The molecule has 2 amide bonds. The van der Waals surface area contributed by atoms with Gasteiger partial charge >= 0.3 is 12.1 Å². The minimum atomic E-state index is -0.813. The van der Waals surface area contributed by atoms with Crippen LogP contribution in [-0.4, -0.2) is 49.4 Å². The summed E-state index contributed by atoms with van der Waals surface area (Å²) in [5.41, 5.74) is 2.60. The average Bonchev–Trinajstić information content (AvgIpc) is 3.09. The van der Waals surface area contributed by atoms with Crippen LogP contribution in [0.4, 0.5) is 4.79 Å². The summed E-state index contributed by atoms with van der Waals surface area (Å²) in [6.07, 6.45) is 3.38. The van der Waals surface area contributed by atoms with Gasteiger partial charge in [0, 0.05) is 25.1 Å². The fourth-order valence-electron chi connectivity index (χ4n) is 3.57. The van der Waals surface area contributed by atoms with Crippen molar-refractivity contribution in [3.8, 4) is 11.3 Å². The molecule has 196 valence electrons. The van der Waals surface area contributed by atoms with Crippen molar-refractivity contribution in [1.82, 2.24) is 15.2 Å². The van der Waals surface area contributed by atoms with E-state index in [4.69, 9.17) is 27.0 Å². The molecule has 0 aliphatic carbocycles. The monoisotopic (exact) mass is 541 g/mol. The van der Waals surface area contributed by atoms with Crippen LogP contribution in [0.1, 0.15) is 57.7 Å². The molecule has 2 aromatic rings. The van der Waals surface area contributed by atoms with Crippen molar-refractivity contribution in [1.29, 1.82) is 0 Å². The number of nitrogens with zero attached hydrogens (tertiary/aromatic N) is 2. The highest BCUT2D eigenvalue weighted by Gasteiger charge is 2.31. The highest BCUT2D eigenvalue weighted by Crippen LogP contribution is 2.33. The number of hydrogen-bond acceptors (Lipinski definition) is 7. The Morgan fingerprint density at radius 3 is 2.65 bits per heavy atom. The van der Waals surface area contributed by atoms with Crippen molar-refractivity contribution < 1.29 is 24.2 Å². The van der Waals surface area contributed by atoms with Crippen LogP contribution in [0.5, 0.6) is 0 Å². The number of benzene rings is 1. The maximum atomic E-state index is 12.9. The fourth-order valence-corrected chi connectivity index (χ4v) is 4.86. The average molecular weight is 542 g/mol. The topological polar surface area (TPSA) is 109 Å². The van der Waals surface area contributed by atoms with Gasteiger partial charge in [-0.2, -0.15) is 0 Å². The molecule has 2 N–H and O–H groups in total. The number of thioether (sulfide) groups is 1. The molecule has 1 saturated heterocycles. The van der Waals surface area contributed by atoms with E-state index < -0.39 is 17.7 Å². The maximum absolute atomic E-state index is 12.9. The van der Waals surface area contributed by atoms with Gasteiger partial charge in [0.2, 0.25) is 0 Å². The molecule has 0 atom stereocenters. The predicted molar refractivity (Wildman–Crippen MR) is 149 cm³/mol. The van der Waals surface area contributed by atoms with E-state index in [0.29, 0.717) is 40.9 Å². The normalized spacial score (nSPS) is 14.8. The lowest BCUT2D eigenvalue weighted by molar-refractivity contribution is -0.137. The molecule has 8 nitrogen and oxygen atoms in total. The first-order valence-corrected chi connectivity index (χ1v) is 13.2. The first-order chi connectivity index (χ1) is 17.5. The SMILES string of the molecule is CC(C)(C)OC(=O)NCc1cccc(-c2cccc(C=C3SC(=S)N(CCCCCC(=O)O)C3=O)n2)c1. The van der Waals surface area contributed by atoms with E-state index in [0.717, 1.165) is 23.2 Å². The van der Waals surface area contributed by atoms with Crippen molar-refractivity contribution in [2.75, 3.05) is 6.54 Å². The minimum Gasteiger partial charge on any atom is -0.481 e. The Morgan fingerprint density at radius 2 is 1.92 bits per heavy atom. The van der Waals surface area contributed by atoms with Crippen LogP contribution in [-0.2, 0) is 20.9 Å². The molecule has 37 heavy (non-hydrogen) atoms. The summed E-state index contributed by atoms with van der Waals surface area (Å²) in [7, 11) is 0. The Morgan fingerprint density at radius 1 is 1.16 bits per heavy atom. The number of aliphatic carboxylic acids is 1. The number of pyridine rings is 1. The van der Waals surface area contributed by atoms with Gasteiger partial charge in [0.05, 0.1) is 16.3 Å². The number of carboxylic acids is 1. The van der Waals surface area contributed by atoms with Gasteiger partial charge in [0.15, 0.2) is 0 Å². The molecule has 0 saturated carbocycles. The molecule has 0 bridgehead atoms. The van der Waals surface area contributed by atoms with E-state index in [1.807, 2.05) is 63.2 Å². The van der Waals surface area contributed by atoms with Gasteiger partial charge in [0.25, 0.3) is 5.91 Å². The van der Waals surface area contributed by atoms with Gasteiger partial charge in [-0.3, -0.25) is 14.5 Å². The lowest BCUT2D eigenvalue weighted by atomic mass is 10.1. The molecule has 1 aliphatic rings. The molecular formula is C27H31N3O5S2. The number of hydrogen-bond donors (Lipinski definition) is 2. The zero-order valence-electron chi connectivity index (χ0n) is 21.2. The van der Waals surface area contributed by atoms with E-state index in [9.17, 15) is 14.4 Å². The number of ether oxygens (including phenoxy) is 1.